The van der Waals surface area contributed by atoms with Crippen molar-refractivity contribution in [1.82, 2.24) is 9.80 Å². The van der Waals surface area contributed by atoms with Gasteiger partial charge in [-0.25, -0.2) is 0 Å². The Morgan fingerprint density at radius 1 is 1.12 bits per heavy atom. The largest absolute Gasteiger partial charge is 0.507 e. The highest BCUT2D eigenvalue weighted by atomic mass is 35.5. The van der Waals surface area contributed by atoms with Gasteiger partial charge in [-0.1, -0.05) is 37.6 Å². The van der Waals surface area contributed by atoms with Crippen LogP contribution in [0.4, 0.5) is 0 Å². The van der Waals surface area contributed by atoms with Crippen molar-refractivity contribution in [2.24, 2.45) is 0 Å². The zero-order valence-electron chi connectivity index (χ0n) is 18.7. The van der Waals surface area contributed by atoms with E-state index in [2.05, 4.69) is 18.7 Å². The summed E-state index contributed by atoms with van der Waals surface area (Å²) in [7, 11) is 1.55. The second-order valence-electron chi connectivity index (χ2n) is 7.66. The maximum Gasteiger partial charge on any atom is 0.295 e. The van der Waals surface area contributed by atoms with E-state index in [1.165, 1.54) is 0 Å². The van der Waals surface area contributed by atoms with Gasteiger partial charge in [-0.2, -0.15) is 0 Å². The molecule has 1 amide bonds. The van der Waals surface area contributed by atoms with Gasteiger partial charge in [0.2, 0.25) is 0 Å². The molecule has 1 heterocycles. The zero-order valence-corrected chi connectivity index (χ0v) is 19.4. The van der Waals surface area contributed by atoms with E-state index in [0.717, 1.165) is 19.6 Å². The average molecular weight is 457 g/mol. The molecule has 6 nitrogen and oxygen atoms in total. The van der Waals surface area contributed by atoms with Gasteiger partial charge >= 0.3 is 0 Å². The molecule has 0 bridgehead atoms. The fourth-order valence-corrected chi connectivity index (χ4v) is 4.24. The molecule has 32 heavy (non-hydrogen) atoms. The Balaban J connectivity index is 2.02. The fraction of sp³-hybridized carbons (Fsp3) is 0.360. The Morgan fingerprint density at radius 2 is 1.81 bits per heavy atom. The van der Waals surface area contributed by atoms with Gasteiger partial charge in [-0.15, -0.1) is 0 Å². The minimum atomic E-state index is -0.701. The second kappa shape index (κ2) is 10.7. The number of benzene rings is 2. The third-order valence-electron chi connectivity index (χ3n) is 5.84. The highest BCUT2D eigenvalue weighted by Gasteiger charge is 2.45. The Hall–Kier alpha value is -2.83. The van der Waals surface area contributed by atoms with E-state index < -0.39 is 17.7 Å². The van der Waals surface area contributed by atoms with Gasteiger partial charge in [-0.3, -0.25) is 9.59 Å². The molecule has 0 saturated carbocycles. The molecule has 1 N–H and O–H groups in total. The number of carbonyl (C=O) groups excluding carboxylic acids is 2. The normalized spacial score (nSPS) is 17.9. The Morgan fingerprint density at radius 3 is 2.41 bits per heavy atom. The third kappa shape index (κ3) is 4.97. The minimum Gasteiger partial charge on any atom is -0.507 e. The molecule has 1 atom stereocenters. The number of likely N-dealkylation sites (tertiary alicyclic amines) is 1. The molecule has 1 fully saturated rings. The van der Waals surface area contributed by atoms with Gasteiger partial charge in [-0.05, 0) is 68.0 Å². The maximum atomic E-state index is 13.1. The lowest BCUT2D eigenvalue weighted by Crippen LogP contribution is -2.33. The van der Waals surface area contributed by atoms with Crippen molar-refractivity contribution < 1.29 is 19.4 Å². The van der Waals surface area contributed by atoms with E-state index in [9.17, 15) is 14.7 Å². The highest BCUT2D eigenvalue weighted by Crippen LogP contribution is 2.40. The third-order valence-corrected chi connectivity index (χ3v) is 6.07. The van der Waals surface area contributed by atoms with Crippen LogP contribution >= 0.6 is 11.6 Å². The monoisotopic (exact) mass is 456 g/mol. The standard InChI is InChI=1S/C25H29ClN2O4/c1-4-27(5-2)14-7-15-28-22(18-8-6-9-19(26)16-18)21(24(30)25(28)31)23(29)17-10-12-20(32-3)13-11-17/h6,8-13,16,22,29H,4-5,7,14-15H2,1-3H3/t22-/m1/s1. The van der Waals surface area contributed by atoms with Crippen molar-refractivity contribution in [3.63, 3.8) is 0 Å². The molecule has 7 heteroatoms. The zero-order chi connectivity index (χ0) is 23.3. The predicted octanol–water partition coefficient (Wildman–Crippen LogP) is 4.50. The highest BCUT2D eigenvalue weighted by molar-refractivity contribution is 6.46. The number of nitrogens with zero attached hydrogens (tertiary/aromatic N) is 2. The van der Waals surface area contributed by atoms with Gasteiger partial charge in [0.15, 0.2) is 0 Å². The SMILES string of the molecule is CCN(CC)CCCN1C(=O)C(=O)C(=C(O)c2ccc(OC)cc2)[C@H]1c1cccc(Cl)c1. The number of ketones is 1. The molecule has 0 aromatic heterocycles. The Kier molecular flexibility index (Phi) is 7.94. The van der Waals surface area contributed by atoms with Crippen LogP contribution in [0.15, 0.2) is 54.1 Å². The van der Waals surface area contributed by atoms with Gasteiger partial charge in [0, 0.05) is 17.1 Å². The van der Waals surface area contributed by atoms with Crippen LogP contribution in [0, 0.1) is 0 Å². The molecule has 1 aliphatic rings. The molecule has 0 spiro atoms. The minimum absolute atomic E-state index is 0.0743. The molecular weight excluding hydrogens is 428 g/mol. The first-order chi connectivity index (χ1) is 15.4. The van der Waals surface area contributed by atoms with Crippen LogP contribution in [0.5, 0.6) is 5.75 Å². The summed E-state index contributed by atoms with van der Waals surface area (Å²) in [5.41, 5.74) is 1.21. The summed E-state index contributed by atoms with van der Waals surface area (Å²) in [4.78, 5) is 29.9. The lowest BCUT2D eigenvalue weighted by molar-refractivity contribution is -0.140. The van der Waals surface area contributed by atoms with Crippen LogP contribution < -0.4 is 4.74 Å². The molecule has 170 valence electrons. The topological polar surface area (TPSA) is 70.1 Å². The van der Waals surface area contributed by atoms with Gasteiger partial charge in [0.25, 0.3) is 11.7 Å². The lowest BCUT2D eigenvalue weighted by Gasteiger charge is -2.27. The Bertz CT molecular complexity index is 999. The van der Waals surface area contributed by atoms with Crippen LogP contribution in [0.25, 0.3) is 5.76 Å². The van der Waals surface area contributed by atoms with E-state index in [-0.39, 0.29) is 11.3 Å². The van der Waals surface area contributed by atoms with E-state index >= 15 is 0 Å². The number of Topliss-reactive ketones (excluding diaryl/α,β-unsaturated/α-hetero) is 1. The number of aliphatic hydroxyl groups is 1. The number of aliphatic hydroxyl groups excluding tert-OH is 1. The quantitative estimate of drug-likeness (QED) is 0.341. The summed E-state index contributed by atoms with van der Waals surface area (Å²) in [5, 5.41) is 11.6. The van der Waals surface area contributed by atoms with E-state index in [0.29, 0.717) is 34.9 Å². The van der Waals surface area contributed by atoms with Crippen molar-refractivity contribution in [2.75, 3.05) is 33.3 Å². The van der Waals surface area contributed by atoms with Crippen molar-refractivity contribution in [1.29, 1.82) is 0 Å². The van der Waals surface area contributed by atoms with E-state index in [1.54, 1.807) is 54.5 Å². The van der Waals surface area contributed by atoms with Gasteiger partial charge in [0.1, 0.15) is 11.5 Å². The van der Waals surface area contributed by atoms with Crippen LogP contribution in [0.2, 0.25) is 5.02 Å². The van der Waals surface area contributed by atoms with Crippen LogP contribution in [-0.4, -0.2) is 59.9 Å². The number of rotatable bonds is 9. The fourth-order valence-electron chi connectivity index (χ4n) is 4.04. The van der Waals surface area contributed by atoms with Crippen LogP contribution in [0.3, 0.4) is 0 Å². The van der Waals surface area contributed by atoms with Gasteiger partial charge in [0.05, 0.1) is 18.7 Å². The molecule has 2 aromatic carbocycles. The van der Waals surface area contributed by atoms with Crippen LogP contribution in [-0.2, 0) is 9.59 Å². The molecule has 3 rings (SSSR count). The molecular formula is C25H29ClN2O4. The van der Waals surface area contributed by atoms with Crippen LogP contribution in [0.1, 0.15) is 37.4 Å². The molecule has 0 aliphatic carbocycles. The first kappa shape index (κ1) is 23.8. The molecule has 2 aromatic rings. The number of carbonyl (C=O) groups is 2. The summed E-state index contributed by atoms with van der Waals surface area (Å²) in [5.74, 6) is -0.872. The lowest BCUT2D eigenvalue weighted by atomic mass is 9.95. The first-order valence-corrected chi connectivity index (χ1v) is 11.2. The summed E-state index contributed by atoms with van der Waals surface area (Å²) >= 11 is 6.22. The van der Waals surface area contributed by atoms with E-state index in [1.807, 2.05) is 6.07 Å². The number of hydrogen-bond acceptors (Lipinski definition) is 5. The summed E-state index contributed by atoms with van der Waals surface area (Å²) < 4.78 is 5.17. The molecule has 1 saturated heterocycles. The average Bonchev–Trinajstić information content (AvgIpc) is 3.06. The number of ether oxygens (including phenoxy) is 1. The first-order valence-electron chi connectivity index (χ1n) is 10.8. The van der Waals surface area contributed by atoms with Crippen molar-refractivity contribution >= 4 is 29.1 Å². The van der Waals surface area contributed by atoms with Crippen molar-refractivity contribution in [3.05, 3.63) is 70.3 Å². The predicted molar refractivity (Wildman–Crippen MR) is 126 cm³/mol. The van der Waals surface area contributed by atoms with Crippen molar-refractivity contribution in [3.8, 4) is 5.75 Å². The van der Waals surface area contributed by atoms with Crippen molar-refractivity contribution in [2.45, 2.75) is 26.3 Å². The Labute approximate surface area is 194 Å². The number of methoxy groups -OCH3 is 1. The van der Waals surface area contributed by atoms with E-state index in [4.69, 9.17) is 16.3 Å². The molecule has 0 unspecified atom stereocenters. The number of halogens is 1. The molecule has 0 radical (unpaired) electrons. The maximum absolute atomic E-state index is 13.1. The summed E-state index contributed by atoms with van der Waals surface area (Å²) in [6.45, 7) is 7.25. The number of amides is 1. The second-order valence-corrected chi connectivity index (χ2v) is 8.09. The summed E-state index contributed by atoms with van der Waals surface area (Å²) in [6, 6.07) is 13.1. The smallest absolute Gasteiger partial charge is 0.295 e. The van der Waals surface area contributed by atoms with Gasteiger partial charge < -0.3 is 19.6 Å². The molecule has 1 aliphatic heterocycles. The summed E-state index contributed by atoms with van der Waals surface area (Å²) in [6.07, 6.45) is 0.717. The number of hydrogen-bond donors (Lipinski definition) is 1.